The Morgan fingerprint density at radius 1 is 0.853 bits per heavy atom. The molecule has 1 rings (SSSR count). The van der Waals surface area contributed by atoms with E-state index in [4.69, 9.17) is 4.74 Å². The van der Waals surface area contributed by atoms with Gasteiger partial charge in [-0.15, -0.1) is 0 Å². The van der Waals surface area contributed by atoms with E-state index in [2.05, 4.69) is 59.4 Å². The molecule has 0 N–H and O–H groups in total. The number of ether oxygens (including phenoxy) is 1. The van der Waals surface area contributed by atoms with Crippen LogP contribution in [0.25, 0.3) is 0 Å². The van der Waals surface area contributed by atoms with Crippen molar-refractivity contribution in [2.45, 2.75) is 125 Å². The van der Waals surface area contributed by atoms with Crippen molar-refractivity contribution in [3.63, 3.8) is 0 Å². The van der Waals surface area contributed by atoms with E-state index < -0.39 is 0 Å². The van der Waals surface area contributed by atoms with Crippen molar-refractivity contribution < 1.29 is 9.53 Å². The molecule has 0 radical (unpaired) electrons. The third-order valence-electron chi connectivity index (χ3n) is 7.69. The van der Waals surface area contributed by atoms with Crippen LogP contribution in [0, 0.1) is 11.8 Å². The lowest BCUT2D eigenvalue weighted by molar-refractivity contribution is -0.146. The van der Waals surface area contributed by atoms with Gasteiger partial charge in [-0.25, -0.2) is 4.79 Å². The third-order valence-corrected chi connectivity index (χ3v) is 7.69. The van der Waals surface area contributed by atoms with Gasteiger partial charge in [0.15, 0.2) is 0 Å². The van der Waals surface area contributed by atoms with E-state index >= 15 is 0 Å². The monoisotopic (exact) mass is 468 g/mol. The minimum Gasteiger partial charge on any atom is -0.458 e. The molecule has 0 saturated heterocycles. The summed E-state index contributed by atoms with van der Waals surface area (Å²) in [5, 5.41) is 0. The molecule has 0 aromatic rings. The maximum absolute atomic E-state index is 13.1. The summed E-state index contributed by atoms with van der Waals surface area (Å²) in [4.78, 5) is 13.1. The van der Waals surface area contributed by atoms with Crippen LogP contribution < -0.4 is 0 Å². The molecule has 0 bridgehead atoms. The van der Waals surface area contributed by atoms with Gasteiger partial charge in [0.1, 0.15) is 6.10 Å². The lowest BCUT2D eigenvalue weighted by atomic mass is 9.89. The zero-order valence-corrected chi connectivity index (χ0v) is 23.1. The number of hydrogen-bond acceptors (Lipinski definition) is 2. The van der Waals surface area contributed by atoms with Crippen molar-refractivity contribution in [3.05, 3.63) is 59.3 Å². The van der Waals surface area contributed by atoms with Gasteiger partial charge >= 0.3 is 5.97 Å². The van der Waals surface area contributed by atoms with Crippen LogP contribution in [-0.4, -0.2) is 12.1 Å². The first kappa shape index (κ1) is 30.2. The van der Waals surface area contributed by atoms with Gasteiger partial charge in [-0.2, -0.15) is 0 Å². The van der Waals surface area contributed by atoms with Crippen LogP contribution in [0.3, 0.4) is 0 Å². The Morgan fingerprint density at radius 2 is 1.44 bits per heavy atom. The summed E-state index contributed by atoms with van der Waals surface area (Å²) in [6, 6.07) is 0. The highest BCUT2D eigenvalue weighted by Gasteiger charge is 2.22. The van der Waals surface area contributed by atoms with Crippen molar-refractivity contribution in [2.24, 2.45) is 11.8 Å². The van der Waals surface area contributed by atoms with Gasteiger partial charge in [-0.1, -0.05) is 88.5 Å². The number of hydrogen-bond donors (Lipinski definition) is 0. The molecule has 0 spiro atoms. The van der Waals surface area contributed by atoms with E-state index in [1.807, 2.05) is 13.0 Å². The molecule has 34 heavy (non-hydrogen) atoms. The molecule has 3 atom stereocenters. The highest BCUT2D eigenvalue weighted by Crippen LogP contribution is 2.27. The number of carbonyl (C=O) groups excluding carboxylic acids is 1. The van der Waals surface area contributed by atoms with Crippen molar-refractivity contribution in [1.82, 2.24) is 0 Å². The number of esters is 1. The van der Waals surface area contributed by atoms with Gasteiger partial charge in [-0.05, 0) is 89.7 Å². The smallest absolute Gasteiger partial charge is 0.334 e. The Kier molecular flexibility index (Phi) is 15.6. The van der Waals surface area contributed by atoms with Gasteiger partial charge in [0.2, 0.25) is 0 Å². The van der Waals surface area contributed by atoms with Crippen LogP contribution in [0.4, 0.5) is 0 Å². The van der Waals surface area contributed by atoms with Crippen molar-refractivity contribution in [2.75, 3.05) is 0 Å². The number of allylic oxidation sites excluding steroid dienone is 7. The molecular formula is C32H52O2. The lowest BCUT2D eigenvalue weighted by Crippen LogP contribution is -2.25. The zero-order chi connectivity index (χ0) is 25.3. The summed E-state index contributed by atoms with van der Waals surface area (Å²) in [5.74, 6) is 0.516. The molecular weight excluding hydrogens is 416 g/mol. The first-order valence-corrected chi connectivity index (χ1v) is 13.8. The maximum Gasteiger partial charge on any atom is 0.334 e. The molecule has 1 heterocycles. The van der Waals surface area contributed by atoms with Gasteiger partial charge in [0.05, 0.1) is 0 Å². The highest BCUT2D eigenvalue weighted by atomic mass is 16.5. The Balaban J connectivity index is 3.05. The summed E-state index contributed by atoms with van der Waals surface area (Å²) < 4.78 is 6.10. The van der Waals surface area contributed by atoms with Gasteiger partial charge in [-0.3, -0.25) is 0 Å². The standard InChI is InChI=1S/C32H52O2/c1-8-9-22-26(3)31-24-21-19-17-15-13-11-10-12-14-16-18-20-23-25(2)27(4)28(5)29(6)30(7)32(33)34-31/h8-9,14,16,22,25-26,31H,1,10-13,15,17-21,23-24H2,2-7H3/b16-14-,22-9?,28-27-,30-29-/t25-,26-,31-/m0/s1. The van der Waals surface area contributed by atoms with Crippen LogP contribution in [0.1, 0.15) is 119 Å². The van der Waals surface area contributed by atoms with Gasteiger partial charge in [0, 0.05) is 11.5 Å². The summed E-state index contributed by atoms with van der Waals surface area (Å²) >= 11 is 0. The molecule has 0 saturated carbocycles. The normalized spacial score (nSPS) is 30.1. The van der Waals surface area contributed by atoms with Crippen molar-refractivity contribution >= 4 is 5.97 Å². The molecule has 192 valence electrons. The molecule has 1 aliphatic rings. The number of carbonyl (C=O) groups is 1. The molecule has 2 nitrogen and oxygen atoms in total. The Bertz CT molecular complexity index is 734. The molecule has 0 aliphatic carbocycles. The second-order valence-electron chi connectivity index (χ2n) is 10.3. The summed E-state index contributed by atoms with van der Waals surface area (Å²) in [6.07, 6.45) is 25.1. The third kappa shape index (κ3) is 11.5. The second kappa shape index (κ2) is 17.6. The fourth-order valence-electron chi connectivity index (χ4n) is 4.62. The van der Waals surface area contributed by atoms with Crippen LogP contribution in [0.5, 0.6) is 0 Å². The van der Waals surface area contributed by atoms with E-state index in [-0.39, 0.29) is 18.0 Å². The first-order chi connectivity index (χ1) is 16.3. The number of rotatable bonds is 3. The summed E-state index contributed by atoms with van der Waals surface area (Å²) in [6.45, 7) is 16.6. The minimum absolute atomic E-state index is 0.0969. The van der Waals surface area contributed by atoms with Gasteiger partial charge in [0.25, 0.3) is 0 Å². The Hall–Kier alpha value is -1.83. The van der Waals surface area contributed by atoms with Crippen LogP contribution in [-0.2, 0) is 9.53 Å². The van der Waals surface area contributed by atoms with Gasteiger partial charge < -0.3 is 4.74 Å². The number of cyclic esters (lactones) is 1. The van der Waals surface area contributed by atoms with Crippen molar-refractivity contribution in [1.29, 1.82) is 0 Å². The minimum atomic E-state index is -0.173. The summed E-state index contributed by atoms with van der Waals surface area (Å²) in [5.41, 5.74) is 4.41. The van der Waals surface area contributed by atoms with E-state index in [0.717, 1.165) is 30.4 Å². The zero-order valence-electron chi connectivity index (χ0n) is 23.1. The molecule has 0 aromatic carbocycles. The molecule has 1 aliphatic heterocycles. The predicted octanol–water partition coefficient (Wildman–Crippen LogP) is 9.84. The van der Waals surface area contributed by atoms with E-state index in [1.54, 1.807) is 6.08 Å². The molecule has 2 heteroatoms. The fraction of sp³-hybridized carbons (Fsp3) is 0.656. The van der Waals surface area contributed by atoms with Crippen LogP contribution >= 0.6 is 0 Å². The first-order valence-electron chi connectivity index (χ1n) is 13.8. The maximum atomic E-state index is 13.1. The van der Waals surface area contributed by atoms with Crippen LogP contribution in [0.15, 0.2) is 59.3 Å². The van der Waals surface area contributed by atoms with Crippen molar-refractivity contribution in [3.8, 4) is 0 Å². The van der Waals surface area contributed by atoms with E-state index in [0.29, 0.717) is 5.92 Å². The molecule has 0 unspecified atom stereocenters. The average molecular weight is 469 g/mol. The fourth-order valence-corrected chi connectivity index (χ4v) is 4.62. The molecule has 0 fully saturated rings. The van der Waals surface area contributed by atoms with E-state index in [1.165, 1.54) is 68.9 Å². The lowest BCUT2D eigenvalue weighted by Gasteiger charge is -2.23. The predicted molar refractivity (Wildman–Crippen MR) is 149 cm³/mol. The Labute approximate surface area is 211 Å². The Morgan fingerprint density at radius 3 is 2.09 bits per heavy atom. The SMILES string of the molecule is C=CC=C[C@H](C)[C@@H]1CCCCCCCCC/C=C\CCC[C@H](C)/C(C)=C(C)\C(C)=C(\C)C(=O)O1. The topological polar surface area (TPSA) is 26.3 Å². The molecule has 0 aromatic heterocycles. The molecule has 0 amide bonds. The quantitative estimate of drug-likeness (QED) is 0.234. The van der Waals surface area contributed by atoms with E-state index in [9.17, 15) is 4.79 Å². The second-order valence-corrected chi connectivity index (χ2v) is 10.3. The highest BCUT2D eigenvalue weighted by molar-refractivity contribution is 5.89. The van der Waals surface area contributed by atoms with Crippen LogP contribution in [0.2, 0.25) is 0 Å². The largest absolute Gasteiger partial charge is 0.458 e. The average Bonchev–Trinajstić information content (AvgIpc) is 2.83. The summed E-state index contributed by atoms with van der Waals surface area (Å²) in [7, 11) is 0.